The highest BCUT2D eigenvalue weighted by Crippen LogP contribution is 2.14. The number of nitrogens with one attached hydrogen (secondary N) is 1. The molecule has 0 fully saturated rings. The molecule has 0 radical (unpaired) electrons. The summed E-state index contributed by atoms with van der Waals surface area (Å²) < 4.78 is 0. The van der Waals surface area contributed by atoms with Gasteiger partial charge in [0.05, 0.1) is 0 Å². The molecule has 72 valence electrons. The van der Waals surface area contributed by atoms with E-state index in [0.29, 0.717) is 0 Å². The van der Waals surface area contributed by atoms with Gasteiger partial charge in [-0.1, -0.05) is 32.4 Å². The van der Waals surface area contributed by atoms with Gasteiger partial charge in [0.15, 0.2) is 0 Å². The van der Waals surface area contributed by atoms with Gasteiger partial charge >= 0.3 is 0 Å². The number of benzene rings is 1. The molecule has 0 aromatic heterocycles. The average Bonchev–Trinajstić information content (AvgIpc) is 2.19. The SMILES string of the molecule is CC[C@@H](C)Cc1ccc(NC)cc1. The van der Waals surface area contributed by atoms with Crippen molar-refractivity contribution in [1.82, 2.24) is 0 Å². The molecule has 1 nitrogen and oxygen atoms in total. The monoisotopic (exact) mass is 177 g/mol. The van der Waals surface area contributed by atoms with Crippen molar-refractivity contribution < 1.29 is 0 Å². The maximum atomic E-state index is 3.12. The zero-order valence-corrected chi connectivity index (χ0v) is 8.80. The highest BCUT2D eigenvalue weighted by molar-refractivity contribution is 5.43. The summed E-state index contributed by atoms with van der Waals surface area (Å²) in [4.78, 5) is 0. The maximum absolute atomic E-state index is 3.12. The Morgan fingerprint density at radius 2 is 1.85 bits per heavy atom. The molecule has 1 aromatic rings. The van der Waals surface area contributed by atoms with Crippen LogP contribution in [0.3, 0.4) is 0 Å². The van der Waals surface area contributed by atoms with E-state index in [4.69, 9.17) is 0 Å². The molecule has 1 N–H and O–H groups in total. The molecule has 0 aliphatic heterocycles. The molecular formula is C12H19N. The quantitative estimate of drug-likeness (QED) is 0.744. The minimum absolute atomic E-state index is 0.792. The second-order valence-corrected chi connectivity index (χ2v) is 3.66. The molecule has 0 aliphatic carbocycles. The summed E-state index contributed by atoms with van der Waals surface area (Å²) >= 11 is 0. The Hall–Kier alpha value is -0.980. The molecule has 1 heteroatoms. The van der Waals surface area contributed by atoms with Crippen LogP contribution in [0.5, 0.6) is 0 Å². The van der Waals surface area contributed by atoms with Gasteiger partial charge in [-0.3, -0.25) is 0 Å². The number of rotatable bonds is 4. The van der Waals surface area contributed by atoms with Gasteiger partial charge in [0, 0.05) is 12.7 Å². The third-order valence-corrected chi connectivity index (χ3v) is 2.52. The van der Waals surface area contributed by atoms with Crippen LogP contribution >= 0.6 is 0 Å². The van der Waals surface area contributed by atoms with E-state index in [1.165, 1.54) is 24.1 Å². The summed E-state index contributed by atoms with van der Waals surface area (Å²) in [5, 5.41) is 3.12. The van der Waals surface area contributed by atoms with Crippen LogP contribution in [-0.2, 0) is 6.42 Å². The highest BCUT2D eigenvalue weighted by atomic mass is 14.8. The molecule has 0 saturated carbocycles. The van der Waals surface area contributed by atoms with Crippen LogP contribution in [0.4, 0.5) is 5.69 Å². The first-order valence-electron chi connectivity index (χ1n) is 5.03. The van der Waals surface area contributed by atoms with E-state index in [1.807, 2.05) is 7.05 Å². The Balaban J connectivity index is 2.58. The summed E-state index contributed by atoms with van der Waals surface area (Å²) in [5.74, 6) is 0.792. The molecule has 0 amide bonds. The fourth-order valence-electron chi connectivity index (χ4n) is 1.35. The smallest absolute Gasteiger partial charge is 0.0337 e. The molecule has 0 aliphatic rings. The number of anilines is 1. The normalized spacial score (nSPS) is 12.5. The zero-order valence-electron chi connectivity index (χ0n) is 8.80. The van der Waals surface area contributed by atoms with E-state index >= 15 is 0 Å². The molecule has 1 atom stereocenters. The molecule has 1 rings (SSSR count). The second-order valence-electron chi connectivity index (χ2n) is 3.66. The Morgan fingerprint density at radius 1 is 1.23 bits per heavy atom. The van der Waals surface area contributed by atoms with Gasteiger partial charge in [-0.2, -0.15) is 0 Å². The van der Waals surface area contributed by atoms with Crippen molar-refractivity contribution in [3.05, 3.63) is 29.8 Å². The summed E-state index contributed by atoms with van der Waals surface area (Å²) in [7, 11) is 1.95. The molecular weight excluding hydrogens is 158 g/mol. The van der Waals surface area contributed by atoms with Crippen molar-refractivity contribution in [2.45, 2.75) is 26.7 Å². The minimum Gasteiger partial charge on any atom is -0.388 e. The number of hydrogen-bond acceptors (Lipinski definition) is 1. The Labute approximate surface area is 81.2 Å². The van der Waals surface area contributed by atoms with Crippen LogP contribution in [0.25, 0.3) is 0 Å². The third kappa shape index (κ3) is 3.10. The summed E-state index contributed by atoms with van der Waals surface area (Å²) in [6, 6.07) is 8.69. The Kier molecular flexibility index (Phi) is 3.81. The topological polar surface area (TPSA) is 12.0 Å². The zero-order chi connectivity index (χ0) is 9.68. The second kappa shape index (κ2) is 4.90. The summed E-state index contributed by atoms with van der Waals surface area (Å²) in [6.07, 6.45) is 2.45. The van der Waals surface area contributed by atoms with Crippen molar-refractivity contribution in [2.24, 2.45) is 5.92 Å². The van der Waals surface area contributed by atoms with Crippen LogP contribution < -0.4 is 5.32 Å². The molecule has 0 bridgehead atoms. The van der Waals surface area contributed by atoms with Crippen molar-refractivity contribution in [1.29, 1.82) is 0 Å². The van der Waals surface area contributed by atoms with Crippen LogP contribution in [0.1, 0.15) is 25.8 Å². The van der Waals surface area contributed by atoms with E-state index in [0.717, 1.165) is 5.92 Å². The minimum atomic E-state index is 0.792. The first-order chi connectivity index (χ1) is 6.26. The average molecular weight is 177 g/mol. The lowest BCUT2D eigenvalue weighted by atomic mass is 9.99. The molecule has 0 unspecified atom stereocenters. The van der Waals surface area contributed by atoms with Crippen LogP contribution in [0, 0.1) is 5.92 Å². The van der Waals surface area contributed by atoms with E-state index in [-0.39, 0.29) is 0 Å². The van der Waals surface area contributed by atoms with Crippen molar-refractivity contribution in [2.75, 3.05) is 12.4 Å². The van der Waals surface area contributed by atoms with Gasteiger partial charge in [-0.25, -0.2) is 0 Å². The van der Waals surface area contributed by atoms with Crippen molar-refractivity contribution in [3.63, 3.8) is 0 Å². The Bertz CT molecular complexity index is 238. The standard InChI is InChI=1S/C12H19N/c1-4-10(2)9-11-5-7-12(13-3)8-6-11/h5-8,10,13H,4,9H2,1-3H3/t10-/m1/s1. The first kappa shape index (κ1) is 10.1. The van der Waals surface area contributed by atoms with E-state index in [9.17, 15) is 0 Å². The predicted molar refractivity (Wildman–Crippen MR) is 59.1 cm³/mol. The van der Waals surface area contributed by atoms with Gasteiger partial charge in [0.2, 0.25) is 0 Å². The fourth-order valence-corrected chi connectivity index (χ4v) is 1.35. The first-order valence-corrected chi connectivity index (χ1v) is 5.03. The summed E-state index contributed by atoms with van der Waals surface area (Å²) in [6.45, 7) is 4.54. The lowest BCUT2D eigenvalue weighted by molar-refractivity contribution is 0.560. The van der Waals surface area contributed by atoms with Crippen molar-refractivity contribution >= 4 is 5.69 Å². The largest absolute Gasteiger partial charge is 0.388 e. The van der Waals surface area contributed by atoms with Crippen molar-refractivity contribution in [3.8, 4) is 0 Å². The lowest BCUT2D eigenvalue weighted by Crippen LogP contribution is -1.97. The third-order valence-electron chi connectivity index (χ3n) is 2.52. The van der Waals surface area contributed by atoms with Crippen LogP contribution in [0.15, 0.2) is 24.3 Å². The van der Waals surface area contributed by atoms with Gasteiger partial charge in [0.25, 0.3) is 0 Å². The summed E-state index contributed by atoms with van der Waals surface area (Å²) in [5.41, 5.74) is 2.63. The number of hydrogen-bond donors (Lipinski definition) is 1. The predicted octanol–water partition coefficient (Wildman–Crippen LogP) is 3.32. The van der Waals surface area contributed by atoms with Crippen LogP contribution in [-0.4, -0.2) is 7.05 Å². The highest BCUT2D eigenvalue weighted by Gasteiger charge is 2.00. The molecule has 13 heavy (non-hydrogen) atoms. The van der Waals surface area contributed by atoms with E-state index < -0.39 is 0 Å². The molecule has 0 spiro atoms. The van der Waals surface area contributed by atoms with E-state index in [2.05, 4.69) is 43.4 Å². The lowest BCUT2D eigenvalue weighted by Gasteiger charge is -2.08. The molecule has 0 saturated heterocycles. The van der Waals surface area contributed by atoms with Gasteiger partial charge in [-0.05, 0) is 30.0 Å². The van der Waals surface area contributed by atoms with Gasteiger partial charge < -0.3 is 5.32 Å². The van der Waals surface area contributed by atoms with E-state index in [1.54, 1.807) is 0 Å². The maximum Gasteiger partial charge on any atom is 0.0337 e. The Morgan fingerprint density at radius 3 is 2.31 bits per heavy atom. The fraction of sp³-hybridized carbons (Fsp3) is 0.500. The molecule has 0 heterocycles. The van der Waals surface area contributed by atoms with Gasteiger partial charge in [0.1, 0.15) is 0 Å². The van der Waals surface area contributed by atoms with Crippen LogP contribution in [0.2, 0.25) is 0 Å². The van der Waals surface area contributed by atoms with Gasteiger partial charge in [-0.15, -0.1) is 0 Å². The molecule has 1 aromatic carbocycles.